The summed E-state index contributed by atoms with van der Waals surface area (Å²) < 4.78 is 5.44. The molecule has 1 heterocycles. The minimum atomic E-state index is 0. The molecule has 4 nitrogen and oxygen atoms in total. The predicted molar refractivity (Wildman–Crippen MR) is 87.8 cm³/mol. The van der Waals surface area contributed by atoms with Crippen LogP contribution in [0, 0.1) is 5.41 Å². The molecule has 1 fully saturated rings. The highest BCUT2D eigenvalue weighted by atomic mass is 127. The van der Waals surface area contributed by atoms with Crippen LogP contribution in [0.15, 0.2) is 4.99 Å². The Balaban J connectivity index is 0.00000289. The van der Waals surface area contributed by atoms with Crippen LogP contribution >= 0.6 is 24.0 Å². The lowest BCUT2D eigenvalue weighted by atomic mass is 9.90. The Labute approximate surface area is 128 Å². The predicted octanol–water partition coefficient (Wildman–Crippen LogP) is 2.38. The maximum Gasteiger partial charge on any atom is 0.191 e. The number of guanidine groups is 1. The molecule has 1 saturated heterocycles. The molecule has 1 aliphatic rings. The van der Waals surface area contributed by atoms with E-state index in [1.165, 1.54) is 0 Å². The van der Waals surface area contributed by atoms with E-state index in [9.17, 15) is 0 Å². The van der Waals surface area contributed by atoms with E-state index >= 15 is 0 Å². The highest BCUT2D eigenvalue weighted by Gasteiger charge is 2.29. The molecule has 1 rings (SSSR count). The Hall–Kier alpha value is -0.0400. The van der Waals surface area contributed by atoms with Gasteiger partial charge in [0.2, 0.25) is 0 Å². The summed E-state index contributed by atoms with van der Waals surface area (Å²) in [5, 5.41) is 6.67. The first kappa shape index (κ1) is 18.0. The Morgan fingerprint density at radius 2 is 2.06 bits per heavy atom. The van der Waals surface area contributed by atoms with E-state index in [0.717, 1.165) is 38.7 Å². The summed E-state index contributed by atoms with van der Waals surface area (Å²) in [5.74, 6) is 0.896. The van der Waals surface area contributed by atoms with Crippen LogP contribution in [0.3, 0.4) is 0 Å². The monoisotopic (exact) mass is 369 g/mol. The second-order valence-corrected chi connectivity index (χ2v) is 6.18. The topological polar surface area (TPSA) is 45.7 Å². The normalized spacial score (nSPS) is 24.6. The third-order valence-electron chi connectivity index (χ3n) is 2.76. The van der Waals surface area contributed by atoms with Crippen molar-refractivity contribution in [2.75, 3.05) is 26.3 Å². The number of aliphatic imine (C=N–C) groups is 1. The molecule has 0 aromatic heterocycles. The van der Waals surface area contributed by atoms with Crippen LogP contribution in [0.1, 0.15) is 41.0 Å². The first-order chi connectivity index (χ1) is 7.85. The fraction of sp³-hybridized carbons (Fsp3) is 0.923. The van der Waals surface area contributed by atoms with Gasteiger partial charge >= 0.3 is 0 Å². The zero-order valence-corrected chi connectivity index (χ0v) is 14.6. The molecule has 0 spiro atoms. The van der Waals surface area contributed by atoms with Crippen molar-refractivity contribution in [1.29, 1.82) is 0 Å². The van der Waals surface area contributed by atoms with Gasteiger partial charge in [0.05, 0.1) is 13.2 Å². The van der Waals surface area contributed by atoms with E-state index in [0.29, 0.717) is 0 Å². The van der Waals surface area contributed by atoms with Crippen LogP contribution in [0.2, 0.25) is 0 Å². The minimum absolute atomic E-state index is 0. The zero-order valence-electron chi connectivity index (χ0n) is 12.3. The van der Waals surface area contributed by atoms with Gasteiger partial charge in [-0.25, -0.2) is 0 Å². The molecule has 18 heavy (non-hydrogen) atoms. The van der Waals surface area contributed by atoms with Crippen molar-refractivity contribution >= 4 is 29.9 Å². The molecule has 0 saturated carbocycles. The molecule has 1 aliphatic heterocycles. The summed E-state index contributed by atoms with van der Waals surface area (Å²) in [6.45, 7) is 14.1. The van der Waals surface area contributed by atoms with Crippen LogP contribution in [-0.4, -0.2) is 37.8 Å². The number of rotatable bonds is 3. The van der Waals surface area contributed by atoms with Crippen LogP contribution < -0.4 is 10.6 Å². The third kappa shape index (κ3) is 6.78. The van der Waals surface area contributed by atoms with Crippen molar-refractivity contribution in [3.8, 4) is 0 Å². The van der Waals surface area contributed by atoms with Gasteiger partial charge in [-0.05, 0) is 34.1 Å². The van der Waals surface area contributed by atoms with Crippen molar-refractivity contribution in [2.24, 2.45) is 10.4 Å². The van der Waals surface area contributed by atoms with Crippen LogP contribution in [0.25, 0.3) is 0 Å². The summed E-state index contributed by atoms with van der Waals surface area (Å²) >= 11 is 0. The molecular formula is C13H28IN3O. The van der Waals surface area contributed by atoms with E-state index < -0.39 is 0 Å². The van der Waals surface area contributed by atoms with E-state index in [2.05, 4.69) is 50.2 Å². The Kier molecular flexibility index (Phi) is 7.51. The lowest BCUT2D eigenvalue weighted by Gasteiger charge is -2.25. The molecular weight excluding hydrogens is 341 g/mol. The van der Waals surface area contributed by atoms with Crippen LogP contribution in [0.5, 0.6) is 0 Å². The van der Waals surface area contributed by atoms with E-state index in [-0.39, 0.29) is 34.9 Å². The average Bonchev–Trinajstić information content (AvgIpc) is 2.61. The number of nitrogens with one attached hydrogen (secondary N) is 2. The molecule has 2 N–H and O–H groups in total. The van der Waals surface area contributed by atoms with Gasteiger partial charge in [-0.1, -0.05) is 6.92 Å². The van der Waals surface area contributed by atoms with Crippen LogP contribution in [0.4, 0.5) is 0 Å². The molecule has 1 unspecified atom stereocenters. The maximum absolute atomic E-state index is 5.44. The molecule has 0 bridgehead atoms. The molecule has 0 aromatic rings. The van der Waals surface area contributed by atoms with Crippen molar-refractivity contribution in [3.05, 3.63) is 0 Å². The largest absolute Gasteiger partial charge is 0.381 e. The quantitative estimate of drug-likeness (QED) is 0.456. The summed E-state index contributed by atoms with van der Waals surface area (Å²) in [4.78, 5) is 4.67. The van der Waals surface area contributed by atoms with Crippen molar-refractivity contribution < 1.29 is 4.74 Å². The first-order valence-electron chi connectivity index (χ1n) is 6.49. The summed E-state index contributed by atoms with van der Waals surface area (Å²) in [7, 11) is 0. The van der Waals surface area contributed by atoms with Gasteiger partial charge in [-0.15, -0.1) is 24.0 Å². The lowest BCUT2D eigenvalue weighted by molar-refractivity contribution is 0.163. The summed E-state index contributed by atoms with van der Waals surface area (Å²) in [6.07, 6.45) is 1.10. The molecule has 108 valence electrons. The Morgan fingerprint density at radius 1 is 1.39 bits per heavy atom. The highest BCUT2D eigenvalue weighted by Crippen LogP contribution is 2.27. The van der Waals surface area contributed by atoms with Gasteiger partial charge < -0.3 is 15.4 Å². The van der Waals surface area contributed by atoms with Gasteiger partial charge in [0.1, 0.15) is 0 Å². The van der Waals surface area contributed by atoms with E-state index in [1.54, 1.807) is 0 Å². The minimum Gasteiger partial charge on any atom is -0.381 e. The zero-order chi connectivity index (χ0) is 12.9. The van der Waals surface area contributed by atoms with Gasteiger partial charge in [0, 0.05) is 24.1 Å². The van der Waals surface area contributed by atoms with Gasteiger partial charge in [-0.3, -0.25) is 4.99 Å². The molecule has 5 heteroatoms. The highest BCUT2D eigenvalue weighted by molar-refractivity contribution is 14.0. The number of halogens is 1. The lowest BCUT2D eigenvalue weighted by Crippen LogP contribution is -2.48. The summed E-state index contributed by atoms with van der Waals surface area (Å²) in [6, 6.07) is 0. The molecule has 1 atom stereocenters. The maximum atomic E-state index is 5.44. The summed E-state index contributed by atoms with van der Waals surface area (Å²) in [5.41, 5.74) is 0.244. The fourth-order valence-corrected chi connectivity index (χ4v) is 1.77. The third-order valence-corrected chi connectivity index (χ3v) is 2.76. The molecule has 0 amide bonds. The number of hydrogen-bond acceptors (Lipinski definition) is 2. The van der Waals surface area contributed by atoms with Crippen molar-refractivity contribution in [1.82, 2.24) is 10.6 Å². The van der Waals surface area contributed by atoms with E-state index in [1.807, 2.05) is 0 Å². The number of hydrogen-bond donors (Lipinski definition) is 2. The van der Waals surface area contributed by atoms with Gasteiger partial charge in [-0.2, -0.15) is 0 Å². The smallest absolute Gasteiger partial charge is 0.191 e. The second-order valence-electron chi connectivity index (χ2n) is 6.18. The second kappa shape index (κ2) is 7.53. The molecule has 0 aromatic carbocycles. The number of ether oxygens (including phenoxy) is 1. The van der Waals surface area contributed by atoms with Crippen molar-refractivity contribution in [2.45, 2.75) is 46.6 Å². The standard InChI is InChI=1S/C13H27N3O.HI/c1-6-14-11(16-12(2,3)4)15-9-13(5)7-8-17-10-13;/h6-10H2,1-5H3,(H2,14,15,16);1H. The van der Waals surface area contributed by atoms with Gasteiger partial charge in [0.25, 0.3) is 0 Å². The number of nitrogens with zero attached hydrogens (tertiary/aromatic N) is 1. The van der Waals surface area contributed by atoms with Crippen LogP contribution in [-0.2, 0) is 4.74 Å². The molecule has 0 radical (unpaired) electrons. The van der Waals surface area contributed by atoms with E-state index in [4.69, 9.17) is 4.74 Å². The average molecular weight is 369 g/mol. The van der Waals surface area contributed by atoms with Gasteiger partial charge in [0.15, 0.2) is 5.96 Å². The Bertz CT molecular complexity index is 268. The Morgan fingerprint density at radius 3 is 2.50 bits per heavy atom. The first-order valence-corrected chi connectivity index (χ1v) is 6.49. The van der Waals surface area contributed by atoms with Crippen molar-refractivity contribution in [3.63, 3.8) is 0 Å². The fourth-order valence-electron chi connectivity index (χ4n) is 1.77. The SMILES string of the molecule is CCNC(=NCC1(C)CCOC1)NC(C)(C)C.I. The molecule has 0 aliphatic carbocycles.